The summed E-state index contributed by atoms with van der Waals surface area (Å²) in [6.45, 7) is 4.13. The molecule has 0 bridgehead atoms. The molecule has 0 aromatic heterocycles. The first kappa shape index (κ1) is 16.9. The second kappa shape index (κ2) is 6.13. The number of ketones is 1. The van der Waals surface area contributed by atoms with Crippen molar-refractivity contribution >= 4 is 23.7 Å². The summed E-state index contributed by atoms with van der Waals surface area (Å²) >= 11 is 0. The Morgan fingerprint density at radius 3 is 2.32 bits per heavy atom. The van der Waals surface area contributed by atoms with Gasteiger partial charge in [-0.05, 0) is 82.6 Å². The summed E-state index contributed by atoms with van der Waals surface area (Å²) in [5.74, 6) is -0.441. The second-order valence-electron chi connectivity index (χ2n) is 7.93. The Balaban J connectivity index is 1.83. The molecule has 0 fully saturated rings. The van der Waals surface area contributed by atoms with Crippen LogP contribution in [0.15, 0.2) is 48.5 Å². The first-order valence-corrected chi connectivity index (χ1v) is 9.60. The van der Waals surface area contributed by atoms with E-state index in [1.165, 1.54) is 27.5 Å². The number of fused-ring (bicyclic) bond motifs is 4. The third-order valence-corrected chi connectivity index (χ3v) is 5.90. The number of aryl methyl sites for hydroxylation is 2. The normalized spacial score (nSPS) is 13.6. The van der Waals surface area contributed by atoms with Gasteiger partial charge in [0, 0.05) is 5.57 Å². The number of Topliss-reactive ketones (excluding diaryl/α,β-unsaturated/α-hetero) is 1. The lowest BCUT2D eigenvalue weighted by Gasteiger charge is -2.21. The molecule has 0 N–H and O–H groups in total. The van der Waals surface area contributed by atoms with Crippen LogP contribution in [-0.4, -0.2) is 12.1 Å². The Morgan fingerprint density at radius 1 is 0.821 bits per heavy atom. The van der Waals surface area contributed by atoms with Crippen LogP contribution in [0.4, 0.5) is 0 Å². The zero-order valence-corrected chi connectivity index (χ0v) is 16.0. The number of benzene rings is 3. The minimum Gasteiger partial charge on any atom is -0.294 e. The van der Waals surface area contributed by atoms with Crippen LogP contribution in [0.1, 0.15) is 44.5 Å². The number of rotatable bonds is 2. The molecule has 2 aliphatic carbocycles. The van der Waals surface area contributed by atoms with Crippen LogP contribution in [0.25, 0.3) is 11.6 Å². The molecule has 3 aromatic rings. The maximum Gasteiger partial charge on any atom is 0.226 e. The quantitative estimate of drug-likeness (QED) is 0.405. The number of hydrogen-bond acceptors (Lipinski definition) is 2. The van der Waals surface area contributed by atoms with E-state index in [0.717, 1.165) is 40.3 Å². The van der Waals surface area contributed by atoms with Gasteiger partial charge in [0.15, 0.2) is 6.29 Å². The summed E-state index contributed by atoms with van der Waals surface area (Å²) in [5.41, 5.74) is 9.81. The molecule has 0 amide bonds. The van der Waals surface area contributed by atoms with Crippen molar-refractivity contribution in [3.05, 3.63) is 103 Å². The van der Waals surface area contributed by atoms with Crippen molar-refractivity contribution in [2.24, 2.45) is 0 Å². The van der Waals surface area contributed by atoms with Gasteiger partial charge >= 0.3 is 0 Å². The predicted molar refractivity (Wildman–Crippen MR) is 111 cm³/mol. The van der Waals surface area contributed by atoms with Gasteiger partial charge in [-0.1, -0.05) is 53.6 Å². The molecule has 0 saturated carbocycles. The van der Waals surface area contributed by atoms with E-state index >= 15 is 0 Å². The van der Waals surface area contributed by atoms with Gasteiger partial charge in [0.25, 0.3) is 0 Å². The Labute approximate surface area is 163 Å². The van der Waals surface area contributed by atoms with E-state index in [0.29, 0.717) is 11.9 Å². The van der Waals surface area contributed by atoms with Crippen LogP contribution in [0.2, 0.25) is 0 Å². The van der Waals surface area contributed by atoms with E-state index in [-0.39, 0.29) is 0 Å². The van der Waals surface area contributed by atoms with Gasteiger partial charge < -0.3 is 0 Å². The van der Waals surface area contributed by atoms with Crippen LogP contribution < -0.4 is 10.4 Å². The van der Waals surface area contributed by atoms with E-state index in [1.807, 2.05) is 13.0 Å². The summed E-state index contributed by atoms with van der Waals surface area (Å²) in [4.78, 5) is 24.0. The molecular weight excluding hydrogens is 344 g/mol. The highest BCUT2D eigenvalue weighted by atomic mass is 16.2. The molecule has 0 heterocycles. The van der Waals surface area contributed by atoms with Crippen molar-refractivity contribution in [2.45, 2.75) is 26.7 Å². The van der Waals surface area contributed by atoms with Crippen LogP contribution in [0, 0.1) is 13.8 Å². The Bertz CT molecular complexity index is 1310. The molecule has 0 spiro atoms. The fraction of sp³-hybridized carbons (Fsp3) is 0.154. The number of carbonyl (C=O) groups excluding carboxylic acids is 2. The summed E-state index contributed by atoms with van der Waals surface area (Å²) < 4.78 is 0. The molecule has 0 atom stereocenters. The summed E-state index contributed by atoms with van der Waals surface area (Å²) in [6.07, 6.45) is 4.31. The molecule has 2 heteroatoms. The summed E-state index contributed by atoms with van der Waals surface area (Å²) in [7, 11) is 0. The zero-order valence-electron chi connectivity index (χ0n) is 16.0. The Morgan fingerprint density at radius 2 is 1.54 bits per heavy atom. The fourth-order valence-corrected chi connectivity index (χ4v) is 4.51. The topological polar surface area (TPSA) is 34.1 Å². The van der Waals surface area contributed by atoms with E-state index in [2.05, 4.69) is 55.5 Å². The third-order valence-electron chi connectivity index (χ3n) is 5.90. The van der Waals surface area contributed by atoms with Crippen molar-refractivity contribution in [3.63, 3.8) is 0 Å². The SMILES string of the molecule is Cc1ccc2c(c1)C=c1cc3c(cc1C2)=C(C(=O)C=O)c1cc(C)ccc1C3. The molecule has 2 aliphatic rings. The molecule has 0 saturated heterocycles. The number of carbonyl (C=O) groups is 2. The average Bonchev–Trinajstić information content (AvgIpc) is 2.68. The molecular formula is C26H20O2. The summed E-state index contributed by atoms with van der Waals surface area (Å²) in [6, 6.07) is 17.1. The van der Waals surface area contributed by atoms with E-state index < -0.39 is 5.78 Å². The summed E-state index contributed by atoms with van der Waals surface area (Å²) in [5, 5.41) is 2.13. The molecule has 0 unspecified atom stereocenters. The van der Waals surface area contributed by atoms with Crippen LogP contribution in [0.3, 0.4) is 0 Å². The van der Waals surface area contributed by atoms with E-state index in [9.17, 15) is 9.59 Å². The van der Waals surface area contributed by atoms with Crippen molar-refractivity contribution in [3.8, 4) is 0 Å². The average molecular weight is 364 g/mol. The zero-order chi connectivity index (χ0) is 19.4. The molecule has 136 valence electrons. The molecule has 5 rings (SSSR count). The minimum atomic E-state index is -0.441. The highest BCUT2D eigenvalue weighted by Gasteiger charge is 2.23. The van der Waals surface area contributed by atoms with Gasteiger partial charge in [-0.2, -0.15) is 0 Å². The van der Waals surface area contributed by atoms with Gasteiger partial charge in [-0.25, -0.2) is 0 Å². The molecule has 3 aromatic carbocycles. The lowest BCUT2D eigenvalue weighted by atomic mass is 9.81. The first-order valence-electron chi connectivity index (χ1n) is 9.60. The lowest BCUT2D eigenvalue weighted by molar-refractivity contribution is -0.126. The maximum atomic E-state index is 12.6. The van der Waals surface area contributed by atoms with Crippen LogP contribution >= 0.6 is 0 Å². The largest absolute Gasteiger partial charge is 0.294 e. The van der Waals surface area contributed by atoms with Gasteiger partial charge in [-0.15, -0.1) is 0 Å². The number of hydrogen-bond donors (Lipinski definition) is 0. The third kappa shape index (κ3) is 2.56. The Kier molecular flexibility index (Phi) is 3.70. The van der Waals surface area contributed by atoms with Crippen molar-refractivity contribution in [1.29, 1.82) is 0 Å². The maximum absolute atomic E-state index is 12.6. The molecule has 0 aliphatic heterocycles. The molecule has 2 nitrogen and oxygen atoms in total. The predicted octanol–water partition coefficient (Wildman–Crippen LogP) is 2.91. The van der Waals surface area contributed by atoms with Gasteiger partial charge in [0.1, 0.15) is 0 Å². The fourth-order valence-electron chi connectivity index (χ4n) is 4.51. The number of aldehydes is 1. The van der Waals surface area contributed by atoms with Crippen LogP contribution in [-0.2, 0) is 22.4 Å². The van der Waals surface area contributed by atoms with Gasteiger partial charge in [-0.3, -0.25) is 9.59 Å². The van der Waals surface area contributed by atoms with Crippen LogP contribution in [0.5, 0.6) is 0 Å². The van der Waals surface area contributed by atoms with E-state index in [4.69, 9.17) is 0 Å². The lowest BCUT2D eigenvalue weighted by Crippen LogP contribution is -2.30. The smallest absolute Gasteiger partial charge is 0.226 e. The monoisotopic (exact) mass is 364 g/mol. The highest BCUT2D eigenvalue weighted by molar-refractivity contribution is 6.46. The van der Waals surface area contributed by atoms with Gasteiger partial charge in [0.2, 0.25) is 5.78 Å². The molecule has 28 heavy (non-hydrogen) atoms. The van der Waals surface area contributed by atoms with E-state index in [1.54, 1.807) is 0 Å². The van der Waals surface area contributed by atoms with Gasteiger partial charge in [0.05, 0.1) is 0 Å². The highest BCUT2D eigenvalue weighted by Crippen LogP contribution is 2.26. The minimum absolute atomic E-state index is 0.441. The molecule has 0 radical (unpaired) electrons. The van der Waals surface area contributed by atoms with Crippen molar-refractivity contribution < 1.29 is 9.59 Å². The first-order chi connectivity index (χ1) is 13.5. The Hall–Kier alpha value is -3.26. The van der Waals surface area contributed by atoms with Crippen molar-refractivity contribution in [2.75, 3.05) is 0 Å². The second-order valence-corrected chi connectivity index (χ2v) is 7.93. The van der Waals surface area contributed by atoms with Crippen molar-refractivity contribution in [1.82, 2.24) is 0 Å². The standard InChI is InChI=1S/C26H20O2/c1-15-3-5-17-9-21-13-24-22(12-20(21)11-19(17)7-15)10-18-6-4-16(2)8-23(18)26(24)25(28)14-27/h3-8,11-14H,9-10H2,1-2H3.